The lowest BCUT2D eigenvalue weighted by Crippen LogP contribution is -2.13. The third kappa shape index (κ3) is 1.86. The highest BCUT2D eigenvalue weighted by molar-refractivity contribution is 9.10. The molecule has 18 heavy (non-hydrogen) atoms. The first-order chi connectivity index (χ1) is 8.77. The van der Waals surface area contributed by atoms with Crippen molar-refractivity contribution in [3.8, 4) is 5.75 Å². The molecule has 3 nitrogen and oxygen atoms in total. The molecule has 0 saturated heterocycles. The monoisotopic (exact) mass is 306 g/mol. The highest BCUT2D eigenvalue weighted by Gasteiger charge is 2.22. The van der Waals surface area contributed by atoms with Crippen LogP contribution in [-0.4, -0.2) is 12.4 Å². The normalized spacial score (nSPS) is 13.8. The Morgan fingerprint density at radius 3 is 2.89 bits per heavy atom. The van der Waals surface area contributed by atoms with Gasteiger partial charge in [-0.25, -0.2) is 0 Å². The molecule has 0 N–H and O–H groups in total. The average Bonchev–Trinajstić information content (AvgIpc) is 2.83. The van der Waals surface area contributed by atoms with Crippen molar-refractivity contribution in [2.45, 2.75) is 12.8 Å². The fourth-order valence-corrected chi connectivity index (χ4v) is 2.59. The number of rotatable bonds is 2. The van der Waals surface area contributed by atoms with E-state index in [1.165, 1.54) is 6.26 Å². The molecule has 1 aliphatic rings. The summed E-state index contributed by atoms with van der Waals surface area (Å²) in [6.45, 7) is 0.670. The maximum atomic E-state index is 12.4. The zero-order valence-corrected chi connectivity index (χ0v) is 11.2. The Labute approximate surface area is 113 Å². The average molecular weight is 307 g/mol. The lowest BCUT2D eigenvalue weighted by molar-refractivity contribution is 0.103. The Kier molecular flexibility index (Phi) is 2.96. The highest BCUT2D eigenvalue weighted by atomic mass is 79.9. The summed E-state index contributed by atoms with van der Waals surface area (Å²) in [6.07, 6.45) is 3.45. The molecule has 0 amide bonds. The molecule has 0 fully saturated rings. The van der Waals surface area contributed by atoms with Gasteiger partial charge in [-0.15, -0.1) is 0 Å². The van der Waals surface area contributed by atoms with Crippen LogP contribution >= 0.6 is 15.9 Å². The van der Waals surface area contributed by atoms with Crippen molar-refractivity contribution in [3.63, 3.8) is 0 Å². The molecule has 2 heterocycles. The Hall–Kier alpha value is -1.55. The number of hydrogen-bond acceptors (Lipinski definition) is 3. The first-order valence-electron chi connectivity index (χ1n) is 5.80. The molecule has 1 aliphatic heterocycles. The molecule has 0 aliphatic carbocycles. The molecule has 0 saturated carbocycles. The van der Waals surface area contributed by atoms with Gasteiger partial charge in [0.05, 0.1) is 24.0 Å². The van der Waals surface area contributed by atoms with Gasteiger partial charge in [0.25, 0.3) is 0 Å². The topological polar surface area (TPSA) is 39.4 Å². The van der Waals surface area contributed by atoms with Crippen LogP contribution in [0, 0.1) is 0 Å². The first kappa shape index (κ1) is 11.5. The van der Waals surface area contributed by atoms with Gasteiger partial charge in [0.1, 0.15) is 5.75 Å². The minimum atomic E-state index is -0.0747. The fourth-order valence-electron chi connectivity index (χ4n) is 2.17. The van der Waals surface area contributed by atoms with E-state index in [0.717, 1.165) is 24.2 Å². The first-order valence-corrected chi connectivity index (χ1v) is 6.59. The summed E-state index contributed by atoms with van der Waals surface area (Å²) in [5.74, 6) is 0.649. The smallest absolute Gasteiger partial charge is 0.201 e. The quantitative estimate of drug-likeness (QED) is 0.796. The zero-order valence-electron chi connectivity index (χ0n) is 9.61. The van der Waals surface area contributed by atoms with Crippen molar-refractivity contribution in [1.29, 1.82) is 0 Å². The number of para-hydroxylation sites is 1. The maximum absolute atomic E-state index is 12.4. The van der Waals surface area contributed by atoms with Crippen molar-refractivity contribution in [3.05, 3.63) is 51.9 Å². The molecular weight excluding hydrogens is 296 g/mol. The van der Waals surface area contributed by atoms with E-state index in [0.29, 0.717) is 22.4 Å². The number of benzene rings is 1. The van der Waals surface area contributed by atoms with Gasteiger partial charge in [-0.2, -0.15) is 0 Å². The van der Waals surface area contributed by atoms with Crippen LogP contribution in [0.15, 0.2) is 39.6 Å². The highest BCUT2D eigenvalue weighted by Crippen LogP contribution is 2.32. The van der Waals surface area contributed by atoms with Crippen LogP contribution in [0.3, 0.4) is 0 Å². The lowest BCUT2D eigenvalue weighted by atomic mass is 9.98. The molecular formula is C14H11BrO3. The van der Waals surface area contributed by atoms with E-state index in [4.69, 9.17) is 9.15 Å². The van der Waals surface area contributed by atoms with E-state index in [-0.39, 0.29) is 5.78 Å². The van der Waals surface area contributed by atoms with Gasteiger partial charge >= 0.3 is 0 Å². The SMILES string of the molecule is O=C(c1ccoc1Br)c1cccc2c1OCCC2. The fraction of sp³-hybridized carbons (Fsp3) is 0.214. The van der Waals surface area contributed by atoms with E-state index in [9.17, 15) is 4.79 Å². The maximum Gasteiger partial charge on any atom is 0.201 e. The van der Waals surface area contributed by atoms with E-state index in [1.54, 1.807) is 12.1 Å². The summed E-state index contributed by atoms with van der Waals surface area (Å²) in [4.78, 5) is 12.4. The third-order valence-corrected chi connectivity index (χ3v) is 3.65. The number of furan rings is 1. The Morgan fingerprint density at radius 1 is 1.22 bits per heavy atom. The van der Waals surface area contributed by atoms with E-state index >= 15 is 0 Å². The van der Waals surface area contributed by atoms with Gasteiger partial charge < -0.3 is 9.15 Å². The van der Waals surface area contributed by atoms with Crippen LogP contribution in [0.2, 0.25) is 0 Å². The minimum Gasteiger partial charge on any atom is -0.493 e. The van der Waals surface area contributed by atoms with Crippen LogP contribution in [0.1, 0.15) is 27.9 Å². The zero-order chi connectivity index (χ0) is 12.5. The minimum absolute atomic E-state index is 0.0747. The van der Waals surface area contributed by atoms with E-state index < -0.39 is 0 Å². The van der Waals surface area contributed by atoms with Crippen LogP contribution in [-0.2, 0) is 6.42 Å². The summed E-state index contributed by atoms with van der Waals surface area (Å²) in [6, 6.07) is 7.37. The molecule has 2 aromatic rings. The van der Waals surface area contributed by atoms with Crippen LogP contribution < -0.4 is 4.74 Å². The molecule has 0 spiro atoms. The summed E-state index contributed by atoms with van der Waals surface area (Å²) in [5.41, 5.74) is 2.23. The van der Waals surface area contributed by atoms with Crippen molar-refractivity contribution >= 4 is 21.7 Å². The molecule has 0 atom stereocenters. The second-order valence-electron chi connectivity index (χ2n) is 4.18. The number of aryl methyl sites for hydroxylation is 1. The third-order valence-electron chi connectivity index (χ3n) is 3.04. The van der Waals surface area contributed by atoms with Crippen LogP contribution in [0.25, 0.3) is 0 Å². The standard InChI is InChI=1S/C14H11BrO3/c15-14-11(6-8-18-14)12(16)10-5-1-3-9-4-2-7-17-13(9)10/h1,3,5-6,8H,2,4,7H2. The Balaban J connectivity index is 2.07. The summed E-state index contributed by atoms with van der Waals surface area (Å²) in [5, 5.41) is 0. The number of ether oxygens (including phenoxy) is 1. The van der Waals surface area contributed by atoms with E-state index in [1.807, 2.05) is 12.1 Å². The molecule has 0 bridgehead atoms. The molecule has 0 unspecified atom stereocenters. The summed E-state index contributed by atoms with van der Waals surface area (Å²) < 4.78 is 11.2. The number of carbonyl (C=O) groups is 1. The largest absolute Gasteiger partial charge is 0.493 e. The Bertz CT molecular complexity index is 601. The van der Waals surface area contributed by atoms with Gasteiger partial charge in [-0.05, 0) is 46.5 Å². The van der Waals surface area contributed by atoms with Crippen molar-refractivity contribution in [2.75, 3.05) is 6.61 Å². The van der Waals surface area contributed by atoms with Crippen LogP contribution in [0.4, 0.5) is 0 Å². The van der Waals surface area contributed by atoms with Gasteiger partial charge in [-0.3, -0.25) is 4.79 Å². The summed E-state index contributed by atoms with van der Waals surface area (Å²) in [7, 11) is 0. The molecule has 1 aromatic heterocycles. The summed E-state index contributed by atoms with van der Waals surface area (Å²) >= 11 is 3.23. The molecule has 1 aromatic carbocycles. The van der Waals surface area contributed by atoms with Crippen molar-refractivity contribution in [1.82, 2.24) is 0 Å². The number of ketones is 1. The second kappa shape index (κ2) is 4.61. The van der Waals surface area contributed by atoms with Crippen molar-refractivity contribution in [2.24, 2.45) is 0 Å². The second-order valence-corrected chi connectivity index (χ2v) is 4.90. The number of fused-ring (bicyclic) bond motifs is 1. The predicted molar refractivity (Wildman–Crippen MR) is 70.1 cm³/mol. The lowest BCUT2D eigenvalue weighted by Gasteiger charge is -2.19. The molecule has 92 valence electrons. The van der Waals surface area contributed by atoms with Crippen molar-refractivity contribution < 1.29 is 13.9 Å². The van der Waals surface area contributed by atoms with Gasteiger partial charge in [0, 0.05) is 0 Å². The number of hydrogen-bond donors (Lipinski definition) is 0. The van der Waals surface area contributed by atoms with Crippen LogP contribution in [0.5, 0.6) is 5.75 Å². The Morgan fingerprint density at radius 2 is 2.11 bits per heavy atom. The van der Waals surface area contributed by atoms with E-state index in [2.05, 4.69) is 15.9 Å². The molecule has 3 rings (SSSR count). The molecule has 0 radical (unpaired) electrons. The number of carbonyl (C=O) groups excluding carboxylic acids is 1. The molecule has 4 heteroatoms. The number of halogens is 1. The van der Waals surface area contributed by atoms with Gasteiger partial charge in [-0.1, -0.05) is 12.1 Å². The van der Waals surface area contributed by atoms with Gasteiger partial charge in [0.15, 0.2) is 4.67 Å². The van der Waals surface area contributed by atoms with Gasteiger partial charge in [0.2, 0.25) is 5.78 Å². The predicted octanol–water partition coefficient (Wildman–Crippen LogP) is 3.60.